The van der Waals surface area contributed by atoms with Crippen LogP contribution >= 0.6 is 0 Å². The first-order valence-electron chi connectivity index (χ1n) is 9.95. The number of benzene rings is 1. The van der Waals surface area contributed by atoms with Gasteiger partial charge in [0.2, 0.25) is 11.8 Å². The number of carbonyl (C=O) groups excluding carboxylic acids is 4. The van der Waals surface area contributed by atoms with Gasteiger partial charge in [0.1, 0.15) is 6.04 Å². The molecule has 2 amide bonds. The van der Waals surface area contributed by atoms with Crippen molar-refractivity contribution >= 4 is 29.1 Å². The largest absolute Gasteiger partial charge is 0.356 e. The molecule has 29 heavy (non-hydrogen) atoms. The van der Waals surface area contributed by atoms with Crippen LogP contribution in [-0.2, 0) is 19.2 Å². The summed E-state index contributed by atoms with van der Waals surface area (Å²) < 4.78 is 0. The van der Waals surface area contributed by atoms with Crippen LogP contribution in [-0.4, -0.2) is 40.4 Å². The highest BCUT2D eigenvalue weighted by molar-refractivity contribution is 6.24. The van der Waals surface area contributed by atoms with Crippen LogP contribution in [0.25, 0.3) is 0 Å². The maximum atomic E-state index is 13.3. The van der Waals surface area contributed by atoms with Gasteiger partial charge in [-0.3, -0.25) is 19.2 Å². The lowest BCUT2D eigenvalue weighted by Gasteiger charge is -2.41. The second-order valence-corrected chi connectivity index (χ2v) is 9.12. The molecule has 0 radical (unpaired) electrons. The molecule has 6 heteroatoms. The van der Waals surface area contributed by atoms with Crippen LogP contribution < -0.4 is 4.90 Å². The second kappa shape index (κ2) is 5.99. The van der Waals surface area contributed by atoms with E-state index in [-0.39, 0.29) is 34.8 Å². The fourth-order valence-electron chi connectivity index (χ4n) is 5.43. The maximum absolute atomic E-state index is 13.3. The van der Waals surface area contributed by atoms with Gasteiger partial charge >= 0.3 is 0 Å². The number of hydrogen-bond acceptors (Lipinski definition) is 5. The standard InChI is InChI=1S/C23H22N2O4/c1-23(2)11-14(10-15(26)12-23)24-16-8-9-17(27)20(24)19-18(16)21(28)25(22(19)29)13-6-4-3-5-7-13/h3-10,16,18-20H,11-12H2,1-2H3. The molecule has 1 aliphatic carbocycles. The lowest BCUT2D eigenvalue weighted by molar-refractivity contribution is -0.128. The number of hydrogen-bond donors (Lipinski definition) is 0. The van der Waals surface area contributed by atoms with Crippen molar-refractivity contribution in [2.45, 2.75) is 38.8 Å². The summed E-state index contributed by atoms with van der Waals surface area (Å²) in [5.74, 6) is -2.10. The molecule has 148 valence electrons. The number of fused-ring (bicyclic) bond motifs is 5. The molecule has 5 rings (SSSR count). The summed E-state index contributed by atoms with van der Waals surface area (Å²) in [7, 11) is 0. The minimum absolute atomic E-state index is 0.0198. The molecule has 1 aromatic rings. The molecule has 2 bridgehead atoms. The van der Waals surface area contributed by atoms with E-state index in [1.54, 1.807) is 36.4 Å². The monoisotopic (exact) mass is 390 g/mol. The lowest BCUT2D eigenvalue weighted by Crippen LogP contribution is -2.49. The number of nitrogens with zero attached hydrogens (tertiary/aromatic N) is 2. The van der Waals surface area contributed by atoms with Gasteiger partial charge in [-0.2, -0.15) is 0 Å². The Bertz CT molecular complexity index is 1010. The van der Waals surface area contributed by atoms with Gasteiger partial charge in [0.25, 0.3) is 0 Å². The fraction of sp³-hybridized carbons (Fsp3) is 0.391. The number of imide groups is 1. The predicted molar refractivity (Wildman–Crippen MR) is 106 cm³/mol. The zero-order chi connectivity index (χ0) is 20.5. The third-order valence-corrected chi connectivity index (χ3v) is 6.46. The smallest absolute Gasteiger partial charge is 0.240 e. The van der Waals surface area contributed by atoms with Crippen LogP contribution in [0.5, 0.6) is 0 Å². The van der Waals surface area contributed by atoms with Gasteiger partial charge in [0.15, 0.2) is 11.6 Å². The SMILES string of the molecule is CC1(C)CC(=O)C=C(N2C3C=CC(=O)C2C2C(=O)N(c4ccccc4)C(=O)C23)C1. The number of allylic oxidation sites excluding steroid dienone is 2. The summed E-state index contributed by atoms with van der Waals surface area (Å²) in [5.41, 5.74) is 1.08. The van der Waals surface area contributed by atoms with Crippen LogP contribution in [0.3, 0.4) is 0 Å². The van der Waals surface area contributed by atoms with Crippen molar-refractivity contribution in [3.05, 3.63) is 54.3 Å². The van der Waals surface area contributed by atoms with E-state index in [9.17, 15) is 19.2 Å². The minimum Gasteiger partial charge on any atom is -0.356 e. The molecule has 2 fully saturated rings. The van der Waals surface area contributed by atoms with Gasteiger partial charge in [-0.15, -0.1) is 0 Å². The van der Waals surface area contributed by atoms with Crippen molar-refractivity contribution in [3.8, 4) is 0 Å². The van der Waals surface area contributed by atoms with Gasteiger partial charge in [-0.05, 0) is 30.0 Å². The van der Waals surface area contributed by atoms with E-state index in [0.717, 1.165) is 5.70 Å². The van der Waals surface area contributed by atoms with Crippen molar-refractivity contribution in [1.82, 2.24) is 4.90 Å². The summed E-state index contributed by atoms with van der Waals surface area (Å²) in [5, 5.41) is 0. The molecular formula is C23H22N2O4. The summed E-state index contributed by atoms with van der Waals surface area (Å²) in [6.45, 7) is 4.05. The Hall–Kier alpha value is -3.02. The molecule has 0 spiro atoms. The first-order valence-corrected chi connectivity index (χ1v) is 9.95. The summed E-state index contributed by atoms with van der Waals surface area (Å²) in [4.78, 5) is 54.9. The van der Waals surface area contributed by atoms with Crippen LogP contribution in [0.2, 0.25) is 0 Å². The van der Waals surface area contributed by atoms with Crippen LogP contribution in [0.15, 0.2) is 54.3 Å². The zero-order valence-electron chi connectivity index (χ0n) is 16.4. The van der Waals surface area contributed by atoms with Crippen molar-refractivity contribution in [2.24, 2.45) is 17.3 Å². The average molecular weight is 390 g/mol. The van der Waals surface area contributed by atoms with E-state index in [4.69, 9.17) is 0 Å². The number of para-hydroxylation sites is 1. The molecule has 0 saturated carbocycles. The molecule has 4 atom stereocenters. The Balaban J connectivity index is 1.57. The van der Waals surface area contributed by atoms with E-state index in [1.165, 1.54) is 11.0 Å². The Morgan fingerprint density at radius 3 is 2.31 bits per heavy atom. The third kappa shape index (κ3) is 2.55. The number of rotatable bonds is 2. The highest BCUT2D eigenvalue weighted by atomic mass is 16.2. The van der Waals surface area contributed by atoms with E-state index in [0.29, 0.717) is 18.5 Å². The molecule has 4 unspecified atom stereocenters. The molecule has 6 nitrogen and oxygen atoms in total. The number of amides is 2. The maximum Gasteiger partial charge on any atom is 0.240 e. The summed E-state index contributed by atoms with van der Waals surface area (Å²) >= 11 is 0. The molecule has 3 aliphatic heterocycles. The van der Waals surface area contributed by atoms with E-state index < -0.39 is 17.9 Å². The molecule has 2 saturated heterocycles. The lowest BCUT2D eigenvalue weighted by atomic mass is 9.78. The van der Waals surface area contributed by atoms with Gasteiger partial charge in [0.05, 0.1) is 23.6 Å². The normalized spacial score (nSPS) is 32.7. The quantitative estimate of drug-likeness (QED) is 0.724. The summed E-state index contributed by atoms with van der Waals surface area (Å²) in [6.07, 6.45) is 5.92. The number of carbonyl (C=O) groups is 4. The fourth-order valence-corrected chi connectivity index (χ4v) is 5.43. The Morgan fingerprint density at radius 1 is 0.931 bits per heavy atom. The molecule has 1 aromatic carbocycles. The molecular weight excluding hydrogens is 368 g/mol. The van der Waals surface area contributed by atoms with Crippen molar-refractivity contribution in [2.75, 3.05) is 4.90 Å². The highest BCUT2D eigenvalue weighted by Gasteiger charge is 2.65. The first-order chi connectivity index (χ1) is 13.8. The number of anilines is 1. The Kier molecular flexibility index (Phi) is 3.72. The van der Waals surface area contributed by atoms with Crippen molar-refractivity contribution < 1.29 is 19.2 Å². The second-order valence-electron chi connectivity index (χ2n) is 9.12. The van der Waals surface area contributed by atoms with Crippen molar-refractivity contribution in [3.63, 3.8) is 0 Å². The molecule has 0 aromatic heterocycles. The predicted octanol–water partition coefficient (Wildman–Crippen LogP) is 2.26. The molecule has 0 N–H and O–H groups in total. The number of ketones is 2. The Labute approximate surface area is 168 Å². The van der Waals surface area contributed by atoms with Gasteiger partial charge in [-0.1, -0.05) is 38.1 Å². The first kappa shape index (κ1) is 18.0. The van der Waals surface area contributed by atoms with E-state index in [2.05, 4.69) is 0 Å². The van der Waals surface area contributed by atoms with Crippen LogP contribution in [0, 0.1) is 17.3 Å². The van der Waals surface area contributed by atoms with Gasteiger partial charge < -0.3 is 4.90 Å². The van der Waals surface area contributed by atoms with Crippen LogP contribution in [0.4, 0.5) is 5.69 Å². The van der Waals surface area contributed by atoms with E-state index >= 15 is 0 Å². The zero-order valence-corrected chi connectivity index (χ0v) is 16.4. The average Bonchev–Trinajstić information content (AvgIpc) is 3.07. The highest BCUT2D eigenvalue weighted by Crippen LogP contribution is 2.50. The molecule has 3 heterocycles. The minimum atomic E-state index is -0.729. The van der Waals surface area contributed by atoms with Crippen LogP contribution in [0.1, 0.15) is 26.7 Å². The molecule has 4 aliphatic rings. The van der Waals surface area contributed by atoms with Crippen molar-refractivity contribution in [1.29, 1.82) is 0 Å². The van der Waals surface area contributed by atoms with Gasteiger partial charge in [-0.25, -0.2) is 4.90 Å². The van der Waals surface area contributed by atoms with E-state index in [1.807, 2.05) is 24.8 Å². The Morgan fingerprint density at radius 2 is 1.62 bits per heavy atom. The summed E-state index contributed by atoms with van der Waals surface area (Å²) in [6, 6.07) is 7.73. The topological polar surface area (TPSA) is 74.8 Å². The van der Waals surface area contributed by atoms with Gasteiger partial charge in [0, 0.05) is 18.2 Å². The third-order valence-electron chi connectivity index (χ3n) is 6.46.